The molecular formula is C13H23N5S. The van der Waals surface area contributed by atoms with Crippen LogP contribution in [0.2, 0.25) is 0 Å². The van der Waals surface area contributed by atoms with E-state index < -0.39 is 0 Å². The molecular weight excluding hydrogens is 258 g/mol. The van der Waals surface area contributed by atoms with E-state index in [4.69, 9.17) is 12.2 Å². The molecule has 0 aliphatic carbocycles. The predicted molar refractivity (Wildman–Crippen MR) is 81.1 cm³/mol. The number of nitrogens with one attached hydrogen (secondary N) is 1. The van der Waals surface area contributed by atoms with Crippen LogP contribution in [0, 0.1) is 11.7 Å². The molecule has 1 N–H and O–H groups in total. The zero-order valence-corrected chi connectivity index (χ0v) is 13.0. The van der Waals surface area contributed by atoms with Gasteiger partial charge in [0.25, 0.3) is 0 Å². The van der Waals surface area contributed by atoms with Crippen molar-refractivity contribution in [3.05, 3.63) is 10.5 Å². The van der Waals surface area contributed by atoms with Crippen molar-refractivity contribution in [3.63, 3.8) is 0 Å². The minimum Gasteiger partial charge on any atom is -0.328 e. The van der Waals surface area contributed by atoms with Crippen LogP contribution in [-0.2, 0) is 13.1 Å². The lowest BCUT2D eigenvalue weighted by atomic mass is 10.4. The molecule has 0 fully saturated rings. The molecule has 0 aliphatic rings. The van der Waals surface area contributed by atoms with Gasteiger partial charge in [-0.25, -0.2) is 4.68 Å². The SMILES string of the molecule is CCN(CC)CCn1c(=S)[nH]c2c(C)nn(CC)c21. The van der Waals surface area contributed by atoms with E-state index in [9.17, 15) is 0 Å². The van der Waals surface area contributed by atoms with Gasteiger partial charge in [0.15, 0.2) is 10.4 Å². The normalized spacial score (nSPS) is 11.8. The molecule has 0 atom stereocenters. The summed E-state index contributed by atoms with van der Waals surface area (Å²) in [5.41, 5.74) is 3.22. The topological polar surface area (TPSA) is 41.8 Å². The molecule has 106 valence electrons. The van der Waals surface area contributed by atoms with E-state index in [1.807, 2.05) is 11.6 Å². The van der Waals surface area contributed by atoms with Gasteiger partial charge in [-0.05, 0) is 39.2 Å². The highest BCUT2D eigenvalue weighted by Gasteiger charge is 2.14. The number of likely N-dealkylation sites (N-methyl/N-ethyl adjacent to an activating group) is 1. The minimum atomic E-state index is 0.796. The number of aromatic nitrogens is 4. The summed E-state index contributed by atoms with van der Waals surface area (Å²) in [7, 11) is 0. The molecule has 0 saturated carbocycles. The lowest BCUT2D eigenvalue weighted by Crippen LogP contribution is -2.27. The van der Waals surface area contributed by atoms with Crippen molar-refractivity contribution in [2.24, 2.45) is 0 Å². The summed E-state index contributed by atoms with van der Waals surface area (Å²) in [6.07, 6.45) is 0. The van der Waals surface area contributed by atoms with Gasteiger partial charge in [0, 0.05) is 19.6 Å². The van der Waals surface area contributed by atoms with Crippen molar-refractivity contribution in [2.75, 3.05) is 19.6 Å². The molecule has 2 aromatic heterocycles. The van der Waals surface area contributed by atoms with E-state index in [1.165, 1.54) is 0 Å². The Morgan fingerprint density at radius 2 is 1.95 bits per heavy atom. The second-order valence-corrected chi connectivity index (χ2v) is 5.10. The van der Waals surface area contributed by atoms with Crippen molar-refractivity contribution in [3.8, 4) is 0 Å². The van der Waals surface area contributed by atoms with Gasteiger partial charge in [0.1, 0.15) is 5.52 Å². The van der Waals surface area contributed by atoms with Crippen molar-refractivity contribution in [1.82, 2.24) is 24.2 Å². The number of hydrogen-bond donors (Lipinski definition) is 1. The highest BCUT2D eigenvalue weighted by Crippen LogP contribution is 2.17. The zero-order valence-electron chi connectivity index (χ0n) is 12.2. The van der Waals surface area contributed by atoms with Crippen molar-refractivity contribution >= 4 is 23.4 Å². The van der Waals surface area contributed by atoms with E-state index >= 15 is 0 Å². The molecule has 5 nitrogen and oxygen atoms in total. The number of rotatable bonds is 6. The fourth-order valence-corrected chi connectivity index (χ4v) is 2.75. The average Bonchev–Trinajstić information content (AvgIpc) is 2.89. The van der Waals surface area contributed by atoms with Gasteiger partial charge >= 0.3 is 0 Å². The van der Waals surface area contributed by atoms with Crippen LogP contribution in [0.4, 0.5) is 0 Å². The van der Waals surface area contributed by atoms with E-state index in [-0.39, 0.29) is 0 Å². The first-order valence-electron chi connectivity index (χ1n) is 7.00. The maximum atomic E-state index is 5.45. The molecule has 19 heavy (non-hydrogen) atoms. The number of H-pyrrole nitrogens is 1. The van der Waals surface area contributed by atoms with Crippen molar-refractivity contribution in [1.29, 1.82) is 0 Å². The van der Waals surface area contributed by atoms with Gasteiger partial charge in [0.2, 0.25) is 0 Å². The summed E-state index contributed by atoms with van der Waals surface area (Å²) in [5, 5.41) is 4.54. The summed E-state index contributed by atoms with van der Waals surface area (Å²) in [6.45, 7) is 13.4. The first-order valence-corrected chi connectivity index (χ1v) is 7.41. The second kappa shape index (κ2) is 5.88. The summed E-state index contributed by atoms with van der Waals surface area (Å²) in [6, 6.07) is 0. The number of aromatic amines is 1. The summed E-state index contributed by atoms with van der Waals surface area (Å²) in [5.74, 6) is 0. The first-order chi connectivity index (χ1) is 9.12. The molecule has 0 unspecified atom stereocenters. The molecule has 0 spiro atoms. The molecule has 2 heterocycles. The summed E-state index contributed by atoms with van der Waals surface area (Å²) >= 11 is 5.45. The Balaban J connectivity index is 2.36. The molecule has 2 aromatic rings. The van der Waals surface area contributed by atoms with Gasteiger partial charge in [-0.2, -0.15) is 5.10 Å². The standard InChI is InChI=1S/C13H23N5S/c1-5-16(6-2)8-9-17-12-11(14-13(17)19)10(4)15-18(12)7-3/h5-9H2,1-4H3,(H,14,19). The van der Waals surface area contributed by atoms with Crippen LogP contribution in [-0.4, -0.2) is 43.9 Å². The van der Waals surface area contributed by atoms with E-state index in [1.54, 1.807) is 0 Å². The number of imidazole rings is 1. The maximum Gasteiger partial charge on any atom is 0.179 e. The number of fused-ring (bicyclic) bond motifs is 1. The largest absolute Gasteiger partial charge is 0.328 e. The van der Waals surface area contributed by atoms with Gasteiger partial charge in [-0.15, -0.1) is 0 Å². The number of hydrogen-bond acceptors (Lipinski definition) is 3. The Morgan fingerprint density at radius 1 is 1.26 bits per heavy atom. The Kier molecular flexibility index (Phi) is 4.42. The van der Waals surface area contributed by atoms with Crippen LogP contribution >= 0.6 is 12.2 Å². The van der Waals surface area contributed by atoms with E-state index in [2.05, 4.69) is 40.3 Å². The third-order valence-corrected chi connectivity index (χ3v) is 3.99. The van der Waals surface area contributed by atoms with Crippen LogP contribution in [0.3, 0.4) is 0 Å². The summed E-state index contributed by atoms with van der Waals surface area (Å²) in [4.78, 5) is 5.69. The van der Waals surface area contributed by atoms with Crippen molar-refractivity contribution < 1.29 is 0 Å². The van der Waals surface area contributed by atoms with Gasteiger partial charge in [-0.3, -0.25) is 0 Å². The van der Waals surface area contributed by atoms with Crippen LogP contribution < -0.4 is 0 Å². The predicted octanol–water partition coefficient (Wildman–Crippen LogP) is 2.57. The molecule has 0 aliphatic heterocycles. The molecule has 0 saturated heterocycles. The Morgan fingerprint density at radius 3 is 2.53 bits per heavy atom. The molecule has 0 aromatic carbocycles. The highest BCUT2D eigenvalue weighted by molar-refractivity contribution is 7.71. The van der Waals surface area contributed by atoms with Gasteiger partial charge < -0.3 is 14.5 Å². The molecule has 0 bridgehead atoms. The Labute approximate surface area is 119 Å². The molecule has 0 radical (unpaired) electrons. The quantitative estimate of drug-likeness (QED) is 0.827. The van der Waals surface area contributed by atoms with Gasteiger partial charge in [-0.1, -0.05) is 13.8 Å². The van der Waals surface area contributed by atoms with E-state index in [0.717, 1.165) is 54.4 Å². The number of aryl methyl sites for hydroxylation is 2. The Bertz CT molecular complexity index is 602. The highest BCUT2D eigenvalue weighted by atomic mass is 32.1. The minimum absolute atomic E-state index is 0.796. The van der Waals surface area contributed by atoms with Crippen LogP contribution in [0.25, 0.3) is 11.2 Å². The lowest BCUT2D eigenvalue weighted by molar-refractivity contribution is 0.290. The van der Waals surface area contributed by atoms with Crippen molar-refractivity contribution in [2.45, 2.75) is 40.8 Å². The zero-order chi connectivity index (χ0) is 14.0. The molecule has 2 rings (SSSR count). The lowest BCUT2D eigenvalue weighted by Gasteiger charge is -2.18. The van der Waals surface area contributed by atoms with Gasteiger partial charge in [0.05, 0.1) is 5.69 Å². The maximum absolute atomic E-state index is 5.45. The second-order valence-electron chi connectivity index (χ2n) is 4.71. The average molecular weight is 281 g/mol. The third kappa shape index (κ3) is 2.60. The van der Waals surface area contributed by atoms with Crippen LogP contribution in [0.1, 0.15) is 26.5 Å². The summed E-state index contributed by atoms with van der Waals surface area (Å²) < 4.78 is 5.00. The first kappa shape index (κ1) is 14.3. The monoisotopic (exact) mass is 281 g/mol. The fourth-order valence-electron chi connectivity index (χ4n) is 2.47. The molecule has 0 amide bonds. The number of nitrogens with zero attached hydrogens (tertiary/aromatic N) is 4. The van der Waals surface area contributed by atoms with Crippen LogP contribution in [0.15, 0.2) is 0 Å². The van der Waals surface area contributed by atoms with Crippen LogP contribution in [0.5, 0.6) is 0 Å². The fraction of sp³-hybridized carbons (Fsp3) is 0.692. The van der Waals surface area contributed by atoms with E-state index in [0.29, 0.717) is 0 Å². The third-order valence-electron chi connectivity index (χ3n) is 3.67. The smallest absolute Gasteiger partial charge is 0.179 e. The Hall–Kier alpha value is -1.14. The molecule has 6 heteroatoms.